The second-order valence-electron chi connectivity index (χ2n) is 4.17. The van der Waals surface area contributed by atoms with E-state index in [9.17, 15) is 4.79 Å². The van der Waals surface area contributed by atoms with Crippen LogP contribution in [0.25, 0.3) is 0 Å². The summed E-state index contributed by atoms with van der Waals surface area (Å²) in [5.41, 5.74) is 1.74. The van der Waals surface area contributed by atoms with Gasteiger partial charge in [0.25, 0.3) is 0 Å². The van der Waals surface area contributed by atoms with Gasteiger partial charge in [-0.1, -0.05) is 0 Å². The van der Waals surface area contributed by atoms with Crippen molar-refractivity contribution in [2.45, 2.75) is 32.7 Å². The molecule has 15 heavy (non-hydrogen) atoms. The molecule has 1 N–H and O–H groups in total. The molecule has 0 spiro atoms. The highest BCUT2D eigenvalue weighted by molar-refractivity contribution is 5.08. The van der Waals surface area contributed by atoms with Crippen molar-refractivity contribution in [3.63, 3.8) is 0 Å². The number of nitrogens with one attached hydrogen (secondary N) is 1. The van der Waals surface area contributed by atoms with Crippen LogP contribution in [0, 0.1) is 13.8 Å². The summed E-state index contributed by atoms with van der Waals surface area (Å²) in [5, 5.41) is 3.30. The molecule has 2 heterocycles. The summed E-state index contributed by atoms with van der Waals surface area (Å²) < 4.78 is 1.84. The van der Waals surface area contributed by atoms with E-state index < -0.39 is 0 Å². The van der Waals surface area contributed by atoms with Crippen LogP contribution in [0.1, 0.15) is 30.3 Å². The number of piperidine rings is 1. The zero-order chi connectivity index (χ0) is 10.8. The molecule has 1 saturated heterocycles. The summed E-state index contributed by atoms with van der Waals surface area (Å²) in [5.74, 6) is 0. The molecule has 1 aromatic rings. The van der Waals surface area contributed by atoms with E-state index >= 15 is 0 Å². The quantitative estimate of drug-likeness (QED) is 0.740. The Kier molecular flexibility index (Phi) is 2.86. The smallest absolute Gasteiger partial charge is 0.317 e. The third-order valence-electron chi connectivity index (χ3n) is 2.95. The van der Waals surface area contributed by atoms with Crippen molar-refractivity contribution < 1.29 is 0 Å². The average Bonchev–Trinajstić information content (AvgIpc) is 2.17. The average molecular weight is 207 g/mol. The first-order valence-corrected chi connectivity index (χ1v) is 5.46. The van der Waals surface area contributed by atoms with Crippen molar-refractivity contribution in [1.29, 1.82) is 0 Å². The zero-order valence-corrected chi connectivity index (χ0v) is 9.29. The number of hydrogen-bond donors (Lipinski definition) is 1. The van der Waals surface area contributed by atoms with Gasteiger partial charge in [-0.3, -0.25) is 4.57 Å². The van der Waals surface area contributed by atoms with E-state index in [2.05, 4.69) is 10.3 Å². The Balaban J connectivity index is 2.38. The summed E-state index contributed by atoms with van der Waals surface area (Å²) in [4.78, 5) is 15.8. The fourth-order valence-corrected chi connectivity index (χ4v) is 2.27. The van der Waals surface area contributed by atoms with Crippen molar-refractivity contribution in [1.82, 2.24) is 14.9 Å². The van der Waals surface area contributed by atoms with Crippen molar-refractivity contribution >= 4 is 0 Å². The fourth-order valence-electron chi connectivity index (χ4n) is 2.27. The van der Waals surface area contributed by atoms with E-state index in [0.717, 1.165) is 37.3 Å². The van der Waals surface area contributed by atoms with Crippen molar-refractivity contribution in [3.05, 3.63) is 27.9 Å². The maximum absolute atomic E-state index is 11.8. The van der Waals surface area contributed by atoms with E-state index in [-0.39, 0.29) is 5.69 Å². The minimum Gasteiger partial charge on any atom is -0.317 e. The summed E-state index contributed by atoms with van der Waals surface area (Å²) >= 11 is 0. The lowest BCUT2D eigenvalue weighted by Gasteiger charge is -2.26. The van der Waals surface area contributed by atoms with Gasteiger partial charge in [0.1, 0.15) is 0 Å². The lowest BCUT2D eigenvalue weighted by Crippen LogP contribution is -2.36. The van der Waals surface area contributed by atoms with Gasteiger partial charge in [-0.05, 0) is 45.8 Å². The predicted octanol–water partition coefficient (Wildman–Crippen LogP) is 0.785. The first-order valence-electron chi connectivity index (χ1n) is 5.46. The highest BCUT2D eigenvalue weighted by Gasteiger charge is 2.17. The summed E-state index contributed by atoms with van der Waals surface area (Å²) in [6, 6.07) is 2.30. The second-order valence-corrected chi connectivity index (χ2v) is 4.17. The van der Waals surface area contributed by atoms with Gasteiger partial charge in [0.05, 0.1) is 0 Å². The zero-order valence-electron chi connectivity index (χ0n) is 9.29. The molecule has 4 heteroatoms. The lowest BCUT2D eigenvalue weighted by atomic mass is 10.1. The molecular weight excluding hydrogens is 190 g/mol. The van der Waals surface area contributed by atoms with Crippen molar-refractivity contribution in [3.8, 4) is 0 Å². The normalized spacial score (nSPS) is 18.0. The van der Waals surface area contributed by atoms with Crippen LogP contribution in [-0.4, -0.2) is 22.6 Å². The topological polar surface area (TPSA) is 46.9 Å². The van der Waals surface area contributed by atoms with Crippen LogP contribution in [0.3, 0.4) is 0 Å². The van der Waals surface area contributed by atoms with Gasteiger partial charge in [-0.25, -0.2) is 4.79 Å². The molecule has 1 fully saturated rings. The van der Waals surface area contributed by atoms with Crippen LogP contribution < -0.4 is 11.0 Å². The van der Waals surface area contributed by atoms with Crippen LogP contribution in [0.15, 0.2) is 10.9 Å². The molecule has 82 valence electrons. The molecular formula is C11H17N3O. The summed E-state index contributed by atoms with van der Waals surface area (Å²) in [7, 11) is 0. The third-order valence-corrected chi connectivity index (χ3v) is 2.95. The molecule has 0 atom stereocenters. The third kappa shape index (κ3) is 2.09. The van der Waals surface area contributed by atoms with Gasteiger partial charge >= 0.3 is 5.69 Å². The van der Waals surface area contributed by atoms with E-state index in [1.807, 2.05) is 24.5 Å². The van der Waals surface area contributed by atoms with Gasteiger partial charge in [-0.2, -0.15) is 4.98 Å². The number of aromatic nitrogens is 2. The van der Waals surface area contributed by atoms with Crippen LogP contribution in [0.2, 0.25) is 0 Å². The van der Waals surface area contributed by atoms with Gasteiger partial charge in [0.15, 0.2) is 0 Å². The summed E-state index contributed by atoms with van der Waals surface area (Å²) in [6.45, 7) is 5.83. The van der Waals surface area contributed by atoms with Crippen LogP contribution in [-0.2, 0) is 0 Å². The number of rotatable bonds is 1. The number of aryl methyl sites for hydroxylation is 2. The minimum atomic E-state index is -0.0978. The molecule has 2 rings (SSSR count). The Labute approximate surface area is 89.3 Å². The van der Waals surface area contributed by atoms with Gasteiger partial charge < -0.3 is 5.32 Å². The molecule has 0 unspecified atom stereocenters. The van der Waals surface area contributed by atoms with Crippen molar-refractivity contribution in [2.75, 3.05) is 13.1 Å². The van der Waals surface area contributed by atoms with E-state index in [1.165, 1.54) is 0 Å². The Morgan fingerprint density at radius 2 is 2.07 bits per heavy atom. The predicted molar refractivity (Wildman–Crippen MR) is 59.1 cm³/mol. The number of hydrogen-bond acceptors (Lipinski definition) is 3. The molecule has 0 aromatic carbocycles. The SMILES string of the molecule is Cc1cc(C)n(C2CCNCC2)c(=O)n1. The molecule has 0 saturated carbocycles. The molecule has 1 aromatic heterocycles. The first kappa shape index (κ1) is 10.4. The van der Waals surface area contributed by atoms with Gasteiger partial charge in [-0.15, -0.1) is 0 Å². The van der Waals surface area contributed by atoms with Crippen LogP contribution in [0.5, 0.6) is 0 Å². The lowest BCUT2D eigenvalue weighted by molar-refractivity contribution is 0.351. The van der Waals surface area contributed by atoms with Crippen LogP contribution in [0.4, 0.5) is 0 Å². The second kappa shape index (κ2) is 4.14. The highest BCUT2D eigenvalue weighted by atomic mass is 16.1. The van der Waals surface area contributed by atoms with E-state index in [4.69, 9.17) is 0 Å². The van der Waals surface area contributed by atoms with E-state index in [1.54, 1.807) is 0 Å². The molecule has 1 aliphatic rings. The standard InChI is InChI=1S/C11H17N3O/c1-8-7-9(2)14(11(15)13-8)10-3-5-12-6-4-10/h7,10,12H,3-6H2,1-2H3. The molecule has 1 aliphatic heterocycles. The Bertz CT molecular complexity index is 405. The Morgan fingerprint density at radius 1 is 1.40 bits per heavy atom. The molecule has 0 amide bonds. The minimum absolute atomic E-state index is 0.0978. The van der Waals surface area contributed by atoms with Crippen molar-refractivity contribution in [2.24, 2.45) is 0 Å². The molecule has 0 bridgehead atoms. The van der Waals surface area contributed by atoms with Gasteiger partial charge in [0.2, 0.25) is 0 Å². The van der Waals surface area contributed by atoms with Crippen LogP contribution >= 0.6 is 0 Å². The molecule has 0 radical (unpaired) electrons. The maximum Gasteiger partial charge on any atom is 0.348 e. The first-order chi connectivity index (χ1) is 7.18. The van der Waals surface area contributed by atoms with Gasteiger partial charge in [0, 0.05) is 17.4 Å². The van der Waals surface area contributed by atoms with E-state index in [0.29, 0.717) is 6.04 Å². The Hall–Kier alpha value is -1.16. The maximum atomic E-state index is 11.8. The monoisotopic (exact) mass is 207 g/mol. The Morgan fingerprint density at radius 3 is 2.67 bits per heavy atom. The summed E-state index contributed by atoms with van der Waals surface area (Å²) in [6.07, 6.45) is 2.04. The molecule has 4 nitrogen and oxygen atoms in total. The highest BCUT2D eigenvalue weighted by Crippen LogP contribution is 2.17. The molecule has 0 aliphatic carbocycles. The fraction of sp³-hybridized carbons (Fsp3) is 0.636. The largest absolute Gasteiger partial charge is 0.348 e. The number of nitrogens with zero attached hydrogens (tertiary/aromatic N) is 2.